The molecule has 4 nitrogen and oxygen atoms in total. The van der Waals surface area contributed by atoms with Gasteiger partial charge in [-0.3, -0.25) is 0 Å². The maximum absolute atomic E-state index is 11.9. The second-order valence-corrected chi connectivity index (χ2v) is 6.40. The number of benzene rings is 1. The van der Waals surface area contributed by atoms with E-state index in [0.29, 0.717) is 18.7 Å². The van der Waals surface area contributed by atoms with Gasteiger partial charge in [0.05, 0.1) is 4.90 Å². The van der Waals surface area contributed by atoms with E-state index in [1.165, 1.54) is 12.1 Å². The molecule has 0 aliphatic carbocycles. The van der Waals surface area contributed by atoms with Gasteiger partial charge in [-0.25, -0.2) is 13.1 Å². The number of nitrogens with one attached hydrogen (secondary N) is 1. The highest BCUT2D eigenvalue weighted by molar-refractivity contribution is 7.89. The number of thiophene rings is 1. The number of nitrogen functional groups attached to an aromatic ring is 1. The standard InChI is InChI=1S/C12H14N2O2S2/c13-11-1-3-12(4-2-11)18(15,16)14-7-5-10-6-8-17-9-10/h1-4,6,8-9,14H,5,7,13H2. The van der Waals surface area contributed by atoms with Crippen LogP contribution in [0.25, 0.3) is 0 Å². The third-order valence-electron chi connectivity index (χ3n) is 2.48. The summed E-state index contributed by atoms with van der Waals surface area (Å²) >= 11 is 1.60. The smallest absolute Gasteiger partial charge is 0.240 e. The average molecular weight is 282 g/mol. The zero-order valence-electron chi connectivity index (χ0n) is 9.67. The van der Waals surface area contributed by atoms with E-state index in [9.17, 15) is 8.42 Å². The van der Waals surface area contributed by atoms with E-state index in [0.717, 1.165) is 5.56 Å². The van der Waals surface area contributed by atoms with Crippen molar-refractivity contribution in [3.8, 4) is 0 Å². The van der Waals surface area contributed by atoms with Crippen molar-refractivity contribution < 1.29 is 8.42 Å². The molecule has 0 unspecified atom stereocenters. The molecule has 1 heterocycles. The summed E-state index contributed by atoms with van der Waals surface area (Å²) in [5.41, 5.74) is 7.21. The first-order valence-electron chi connectivity index (χ1n) is 5.44. The fraction of sp³-hybridized carbons (Fsp3) is 0.167. The molecular weight excluding hydrogens is 268 g/mol. The van der Waals surface area contributed by atoms with Crippen molar-refractivity contribution in [2.24, 2.45) is 0 Å². The van der Waals surface area contributed by atoms with Crippen molar-refractivity contribution in [1.29, 1.82) is 0 Å². The summed E-state index contributed by atoms with van der Waals surface area (Å²) in [7, 11) is -3.43. The van der Waals surface area contributed by atoms with Crippen LogP contribution in [0.4, 0.5) is 5.69 Å². The Morgan fingerprint density at radius 2 is 1.89 bits per heavy atom. The van der Waals surface area contributed by atoms with Crippen LogP contribution in [0, 0.1) is 0 Å². The number of anilines is 1. The van der Waals surface area contributed by atoms with Crippen LogP contribution in [0.15, 0.2) is 46.0 Å². The monoisotopic (exact) mass is 282 g/mol. The van der Waals surface area contributed by atoms with Crippen LogP contribution in [-0.2, 0) is 16.4 Å². The molecule has 0 aliphatic heterocycles. The Balaban J connectivity index is 1.97. The zero-order valence-corrected chi connectivity index (χ0v) is 11.3. The Labute approximate surface area is 111 Å². The number of rotatable bonds is 5. The van der Waals surface area contributed by atoms with Crippen LogP contribution < -0.4 is 10.5 Å². The van der Waals surface area contributed by atoms with Crippen molar-refractivity contribution >= 4 is 27.0 Å². The molecule has 0 radical (unpaired) electrons. The maximum Gasteiger partial charge on any atom is 0.240 e. The van der Waals surface area contributed by atoms with Gasteiger partial charge in [-0.05, 0) is 53.1 Å². The minimum Gasteiger partial charge on any atom is -0.399 e. The molecule has 0 amide bonds. The third-order valence-corrected chi connectivity index (χ3v) is 4.69. The first kappa shape index (κ1) is 13.1. The summed E-state index contributed by atoms with van der Waals surface area (Å²) in [6.07, 6.45) is 0.692. The van der Waals surface area contributed by atoms with Crippen LogP contribution in [0.2, 0.25) is 0 Å². The molecule has 2 rings (SSSR count). The predicted octanol–water partition coefficient (Wildman–Crippen LogP) is 1.85. The van der Waals surface area contributed by atoms with Gasteiger partial charge in [0.1, 0.15) is 0 Å². The summed E-state index contributed by atoms with van der Waals surface area (Å²) in [4.78, 5) is 0.238. The van der Waals surface area contributed by atoms with E-state index < -0.39 is 10.0 Å². The summed E-state index contributed by atoms with van der Waals surface area (Å²) < 4.78 is 26.4. The second kappa shape index (κ2) is 5.51. The normalized spacial score (nSPS) is 11.6. The van der Waals surface area contributed by atoms with E-state index in [1.54, 1.807) is 23.5 Å². The molecule has 0 atom stereocenters. The van der Waals surface area contributed by atoms with Crippen molar-refractivity contribution in [2.75, 3.05) is 12.3 Å². The second-order valence-electron chi connectivity index (χ2n) is 3.85. The molecule has 0 saturated heterocycles. The Morgan fingerprint density at radius 1 is 1.17 bits per heavy atom. The first-order chi connectivity index (χ1) is 8.58. The van der Waals surface area contributed by atoms with Crippen molar-refractivity contribution in [1.82, 2.24) is 4.72 Å². The molecule has 18 heavy (non-hydrogen) atoms. The molecule has 1 aromatic carbocycles. The van der Waals surface area contributed by atoms with E-state index in [1.807, 2.05) is 16.8 Å². The highest BCUT2D eigenvalue weighted by atomic mass is 32.2. The lowest BCUT2D eigenvalue weighted by molar-refractivity contribution is 0.581. The van der Waals surface area contributed by atoms with Crippen LogP contribution in [-0.4, -0.2) is 15.0 Å². The van der Waals surface area contributed by atoms with Crippen molar-refractivity contribution in [3.63, 3.8) is 0 Å². The molecule has 0 spiro atoms. The molecule has 0 fully saturated rings. The number of nitrogens with two attached hydrogens (primary N) is 1. The topological polar surface area (TPSA) is 72.2 Å². The first-order valence-corrected chi connectivity index (χ1v) is 7.87. The van der Waals surface area contributed by atoms with Gasteiger partial charge < -0.3 is 5.73 Å². The Hall–Kier alpha value is -1.37. The van der Waals surface area contributed by atoms with Crippen molar-refractivity contribution in [2.45, 2.75) is 11.3 Å². The fourth-order valence-electron chi connectivity index (χ4n) is 1.49. The van der Waals surface area contributed by atoms with Gasteiger partial charge in [0.25, 0.3) is 0 Å². The maximum atomic E-state index is 11.9. The van der Waals surface area contributed by atoms with Gasteiger partial charge in [-0.2, -0.15) is 11.3 Å². The highest BCUT2D eigenvalue weighted by Crippen LogP contribution is 2.11. The molecule has 6 heteroatoms. The third kappa shape index (κ3) is 3.32. The van der Waals surface area contributed by atoms with Gasteiger partial charge in [-0.15, -0.1) is 0 Å². The Kier molecular flexibility index (Phi) is 4.00. The Bertz CT molecular complexity index is 590. The van der Waals surface area contributed by atoms with Crippen LogP contribution in [0.3, 0.4) is 0 Å². The lowest BCUT2D eigenvalue weighted by atomic mass is 10.2. The lowest BCUT2D eigenvalue weighted by Gasteiger charge is -2.06. The highest BCUT2D eigenvalue weighted by Gasteiger charge is 2.12. The summed E-state index contributed by atoms with van der Waals surface area (Å²) in [6.45, 7) is 0.392. The van der Waals surface area contributed by atoms with Gasteiger partial charge in [0.15, 0.2) is 0 Å². The van der Waals surface area contributed by atoms with E-state index in [-0.39, 0.29) is 4.90 Å². The predicted molar refractivity (Wildman–Crippen MR) is 74.1 cm³/mol. The molecule has 0 aliphatic rings. The lowest BCUT2D eigenvalue weighted by Crippen LogP contribution is -2.25. The number of hydrogen-bond donors (Lipinski definition) is 2. The minimum atomic E-state index is -3.43. The summed E-state index contributed by atoms with van der Waals surface area (Å²) in [5.74, 6) is 0. The molecular formula is C12H14N2O2S2. The molecule has 3 N–H and O–H groups in total. The average Bonchev–Trinajstić information content (AvgIpc) is 2.82. The SMILES string of the molecule is Nc1ccc(S(=O)(=O)NCCc2ccsc2)cc1. The van der Waals surface area contributed by atoms with Gasteiger partial charge >= 0.3 is 0 Å². The fourth-order valence-corrected chi connectivity index (χ4v) is 3.23. The van der Waals surface area contributed by atoms with E-state index in [4.69, 9.17) is 5.73 Å². The minimum absolute atomic E-state index is 0.238. The van der Waals surface area contributed by atoms with Crippen molar-refractivity contribution in [3.05, 3.63) is 46.7 Å². The molecule has 1 aromatic heterocycles. The molecule has 96 valence electrons. The molecule has 0 bridgehead atoms. The van der Waals surface area contributed by atoms with Crippen LogP contribution >= 0.6 is 11.3 Å². The summed E-state index contributed by atoms with van der Waals surface area (Å²) in [6, 6.07) is 8.15. The number of hydrogen-bond acceptors (Lipinski definition) is 4. The van der Waals surface area contributed by atoms with E-state index >= 15 is 0 Å². The quantitative estimate of drug-likeness (QED) is 0.822. The van der Waals surface area contributed by atoms with E-state index in [2.05, 4.69) is 4.72 Å². The summed E-state index contributed by atoms with van der Waals surface area (Å²) in [5, 5.41) is 3.99. The Morgan fingerprint density at radius 3 is 2.50 bits per heavy atom. The molecule has 2 aromatic rings. The van der Waals surface area contributed by atoms with Gasteiger partial charge in [-0.1, -0.05) is 0 Å². The van der Waals surface area contributed by atoms with Gasteiger partial charge in [0, 0.05) is 12.2 Å². The largest absolute Gasteiger partial charge is 0.399 e. The zero-order chi connectivity index (χ0) is 13.0. The van der Waals surface area contributed by atoms with Gasteiger partial charge in [0.2, 0.25) is 10.0 Å². The number of sulfonamides is 1. The molecule has 0 saturated carbocycles. The van der Waals surface area contributed by atoms with Crippen LogP contribution in [0.5, 0.6) is 0 Å². The van der Waals surface area contributed by atoms with Crippen LogP contribution in [0.1, 0.15) is 5.56 Å².